The molecule has 6 rings (SSSR count). The smallest absolute Gasteiger partial charge is 0.374 e. The van der Waals surface area contributed by atoms with Crippen LogP contribution in [0, 0.1) is 11.7 Å². The fourth-order valence-electron chi connectivity index (χ4n) is 5.27. The van der Waals surface area contributed by atoms with Gasteiger partial charge >= 0.3 is 6.18 Å². The second kappa shape index (κ2) is 8.39. The Labute approximate surface area is 220 Å². The van der Waals surface area contributed by atoms with Crippen molar-refractivity contribution in [2.24, 2.45) is 11.1 Å². The average molecular weight is 577 g/mol. The van der Waals surface area contributed by atoms with Gasteiger partial charge in [0.25, 0.3) is 5.60 Å². The Kier molecular flexibility index (Phi) is 5.69. The summed E-state index contributed by atoms with van der Waals surface area (Å²) in [6.45, 7) is 0.976. The van der Waals surface area contributed by atoms with Crippen LogP contribution in [-0.4, -0.2) is 51.5 Å². The second-order valence-corrected chi connectivity index (χ2v) is 12.1. The van der Waals surface area contributed by atoms with E-state index in [9.17, 15) is 26.6 Å². The van der Waals surface area contributed by atoms with Gasteiger partial charge in [0.1, 0.15) is 5.60 Å². The first-order valence-corrected chi connectivity index (χ1v) is 13.6. The lowest BCUT2D eigenvalue weighted by Gasteiger charge is -2.49. The van der Waals surface area contributed by atoms with Crippen LogP contribution in [0.5, 0.6) is 0 Å². The largest absolute Gasteiger partial charge is 0.435 e. The third-order valence-electron chi connectivity index (χ3n) is 7.40. The summed E-state index contributed by atoms with van der Waals surface area (Å²) in [6, 6.07) is 6.83. The number of ether oxygens (including phenoxy) is 1. The molecule has 2 fully saturated rings. The maximum atomic E-state index is 14.3. The van der Waals surface area contributed by atoms with Crippen molar-refractivity contribution >= 4 is 45.6 Å². The van der Waals surface area contributed by atoms with Crippen LogP contribution < -0.4 is 0 Å². The van der Waals surface area contributed by atoms with Crippen LogP contribution in [0.1, 0.15) is 28.7 Å². The van der Waals surface area contributed by atoms with Crippen molar-refractivity contribution in [2.75, 3.05) is 24.6 Å². The summed E-state index contributed by atoms with van der Waals surface area (Å²) in [4.78, 5) is 19.2. The van der Waals surface area contributed by atoms with Crippen molar-refractivity contribution in [3.05, 3.63) is 68.4 Å². The molecule has 0 bridgehead atoms. The van der Waals surface area contributed by atoms with Crippen molar-refractivity contribution in [3.63, 3.8) is 0 Å². The van der Waals surface area contributed by atoms with E-state index in [-0.39, 0.29) is 24.1 Å². The number of fused-ring (bicyclic) bond motifs is 2. The topological polar surface area (TPSA) is 68.2 Å². The molecule has 2 saturated heterocycles. The van der Waals surface area contributed by atoms with Crippen LogP contribution in [-0.2, 0) is 43.0 Å². The zero-order valence-corrected chi connectivity index (χ0v) is 21.2. The molecule has 0 aliphatic carbocycles. The van der Waals surface area contributed by atoms with Gasteiger partial charge in [-0.25, -0.2) is 4.39 Å². The fourth-order valence-corrected chi connectivity index (χ4v) is 6.84. The second-order valence-electron chi connectivity index (χ2n) is 9.70. The molecule has 1 spiro atoms. The van der Waals surface area contributed by atoms with Crippen LogP contribution >= 0.6 is 23.2 Å². The highest BCUT2D eigenvalue weighted by atomic mass is 35.5. The first-order chi connectivity index (χ1) is 17.4. The summed E-state index contributed by atoms with van der Waals surface area (Å²) in [6.07, 6.45) is -5.56. The molecule has 13 heteroatoms. The molecule has 1 amide bonds. The van der Waals surface area contributed by atoms with Gasteiger partial charge in [0.15, 0.2) is 5.82 Å². The molecular formula is C24H18Cl2F4N2O4S. The Morgan fingerprint density at radius 2 is 1.81 bits per heavy atom. The van der Waals surface area contributed by atoms with E-state index in [0.29, 0.717) is 30.2 Å². The van der Waals surface area contributed by atoms with Gasteiger partial charge in [0, 0.05) is 34.3 Å². The number of nitrogens with zero attached hydrogens (tertiary/aromatic N) is 2. The van der Waals surface area contributed by atoms with E-state index >= 15 is 0 Å². The zero-order chi connectivity index (χ0) is 26.3. The van der Waals surface area contributed by atoms with Crippen molar-refractivity contribution < 1.29 is 36.1 Å². The number of amides is 1. The van der Waals surface area contributed by atoms with E-state index in [0.717, 1.165) is 23.3 Å². The normalized spacial score (nSPS) is 27.8. The Bertz CT molecular complexity index is 1360. The summed E-state index contributed by atoms with van der Waals surface area (Å²) in [5, 5.41) is 2.65. The van der Waals surface area contributed by atoms with Crippen LogP contribution in [0.4, 0.5) is 17.6 Å². The van der Waals surface area contributed by atoms with Gasteiger partial charge in [-0.3, -0.25) is 9.00 Å². The van der Waals surface area contributed by atoms with Crippen LogP contribution in [0.15, 0.2) is 35.5 Å². The van der Waals surface area contributed by atoms with E-state index in [1.165, 1.54) is 0 Å². The number of likely N-dealkylation sites (tertiary alicyclic amines) is 1. The number of rotatable bonds is 3. The molecule has 0 aromatic heterocycles. The first kappa shape index (κ1) is 25.1. The Morgan fingerprint density at radius 1 is 1.14 bits per heavy atom. The highest BCUT2D eigenvalue weighted by Gasteiger charge is 2.62. The van der Waals surface area contributed by atoms with Gasteiger partial charge in [-0.1, -0.05) is 40.5 Å². The number of hydrogen-bond donors (Lipinski definition) is 0. The van der Waals surface area contributed by atoms with Gasteiger partial charge in [0.05, 0.1) is 41.4 Å². The molecule has 196 valence electrons. The predicted octanol–water partition coefficient (Wildman–Crippen LogP) is 4.66. The molecule has 2 aromatic rings. The minimum Gasteiger partial charge on any atom is -0.374 e. The standard InChI is InChI=1S/C24H18Cl2F4N2O4S/c25-17-4-15(5-18(26)20(17)27)23(24(28,29)30)6-19(31-36-23)12-1-2-16-13(3-12)7-35-22(16)10-32(11-22)21(33)14-8-37(34)9-14/h1-5,14H,6-11H2. The molecule has 1 atom stereocenters. The molecule has 4 heterocycles. The zero-order valence-electron chi connectivity index (χ0n) is 18.9. The molecule has 6 nitrogen and oxygen atoms in total. The lowest BCUT2D eigenvalue weighted by atomic mass is 9.82. The third kappa shape index (κ3) is 3.80. The van der Waals surface area contributed by atoms with Crippen LogP contribution in [0.25, 0.3) is 0 Å². The van der Waals surface area contributed by atoms with Crippen molar-refractivity contribution in [1.82, 2.24) is 4.90 Å². The molecule has 1 unspecified atom stereocenters. The first-order valence-electron chi connectivity index (χ1n) is 11.3. The Hall–Kier alpha value is -2.21. The molecule has 0 N–H and O–H groups in total. The summed E-state index contributed by atoms with van der Waals surface area (Å²) in [5.74, 6) is -0.469. The van der Waals surface area contributed by atoms with E-state index < -0.39 is 56.0 Å². The molecule has 4 aliphatic rings. The van der Waals surface area contributed by atoms with Gasteiger partial charge in [-0.05, 0) is 34.9 Å². The van der Waals surface area contributed by atoms with Gasteiger partial charge < -0.3 is 14.5 Å². The van der Waals surface area contributed by atoms with Gasteiger partial charge in [0.2, 0.25) is 5.91 Å². The molecule has 0 saturated carbocycles. The molecule has 37 heavy (non-hydrogen) atoms. The van der Waals surface area contributed by atoms with Crippen LogP contribution in [0.3, 0.4) is 0 Å². The third-order valence-corrected chi connectivity index (χ3v) is 9.50. The maximum Gasteiger partial charge on any atom is 0.435 e. The number of carbonyl (C=O) groups excluding carboxylic acids is 1. The summed E-state index contributed by atoms with van der Waals surface area (Å²) in [5.41, 5.74) is -1.84. The lowest BCUT2D eigenvalue weighted by Crippen LogP contribution is -2.63. The number of alkyl halides is 3. The average Bonchev–Trinajstić information content (AvgIpc) is 3.41. The molecular weight excluding hydrogens is 559 g/mol. The predicted molar refractivity (Wildman–Crippen MR) is 127 cm³/mol. The summed E-state index contributed by atoms with van der Waals surface area (Å²) in [7, 11) is -0.915. The minimum absolute atomic E-state index is 0.0270. The van der Waals surface area contributed by atoms with E-state index in [1.54, 1.807) is 23.1 Å². The maximum absolute atomic E-state index is 14.3. The number of benzene rings is 2. The monoisotopic (exact) mass is 576 g/mol. The van der Waals surface area contributed by atoms with Crippen molar-refractivity contribution in [3.8, 4) is 0 Å². The Balaban J connectivity index is 1.23. The van der Waals surface area contributed by atoms with E-state index in [2.05, 4.69) is 5.16 Å². The number of carbonyl (C=O) groups is 1. The number of oxime groups is 1. The van der Waals surface area contributed by atoms with Gasteiger partial charge in [-0.15, -0.1) is 0 Å². The number of hydrogen-bond acceptors (Lipinski definition) is 5. The molecule has 4 aliphatic heterocycles. The van der Waals surface area contributed by atoms with E-state index in [1.807, 2.05) is 0 Å². The molecule has 2 aromatic carbocycles. The van der Waals surface area contributed by atoms with Crippen LogP contribution in [0.2, 0.25) is 10.0 Å². The summed E-state index contributed by atoms with van der Waals surface area (Å²) < 4.78 is 74.1. The lowest BCUT2D eigenvalue weighted by molar-refractivity contribution is -0.275. The van der Waals surface area contributed by atoms with E-state index in [4.69, 9.17) is 32.8 Å². The molecule has 0 radical (unpaired) electrons. The number of halogens is 6. The van der Waals surface area contributed by atoms with Crippen molar-refractivity contribution in [1.29, 1.82) is 0 Å². The minimum atomic E-state index is -4.90. The van der Waals surface area contributed by atoms with Crippen molar-refractivity contribution in [2.45, 2.75) is 30.4 Å². The summed E-state index contributed by atoms with van der Waals surface area (Å²) >= 11 is 11.5. The Morgan fingerprint density at radius 3 is 2.43 bits per heavy atom. The fraction of sp³-hybridized carbons (Fsp3) is 0.417. The van der Waals surface area contributed by atoms with Gasteiger partial charge in [-0.2, -0.15) is 13.2 Å². The SMILES string of the molecule is O=C(C1CS(=O)C1)N1CC2(C1)OCc1cc(C3=NOC(c4cc(Cl)c(F)c(Cl)c4)(C(F)(F)F)C3)ccc12. The highest BCUT2D eigenvalue weighted by molar-refractivity contribution is 7.86. The quantitative estimate of drug-likeness (QED) is 0.393. The highest BCUT2D eigenvalue weighted by Crippen LogP contribution is 2.51.